The van der Waals surface area contributed by atoms with E-state index in [1.165, 1.54) is 6.92 Å². The Morgan fingerprint density at radius 1 is 1.05 bits per heavy atom. The van der Waals surface area contributed by atoms with Crippen LogP contribution in [0.4, 0.5) is 27.6 Å². The Balaban J connectivity index is 2.92. The van der Waals surface area contributed by atoms with Gasteiger partial charge in [0.1, 0.15) is 5.69 Å². The molecule has 0 saturated carbocycles. The van der Waals surface area contributed by atoms with Crippen LogP contribution in [0.15, 0.2) is 0 Å². The second kappa shape index (κ2) is 6.53. The summed E-state index contributed by atoms with van der Waals surface area (Å²) in [6, 6.07) is 0. The fourth-order valence-electron chi connectivity index (χ4n) is 1.38. The number of ether oxygens (including phenoxy) is 1. The molecule has 1 atom stereocenters. The number of carbonyl (C=O) groups excluding carboxylic acids is 1. The maximum Gasteiger partial charge on any atom is 0.310 e. The van der Waals surface area contributed by atoms with Crippen LogP contribution in [0.2, 0.25) is 0 Å². The zero-order chi connectivity index (χ0) is 15.4. The highest BCUT2D eigenvalue weighted by atomic mass is 19.2. The Kier molecular flexibility index (Phi) is 5.29. The van der Waals surface area contributed by atoms with Crippen molar-refractivity contribution in [1.29, 1.82) is 0 Å². The van der Waals surface area contributed by atoms with Gasteiger partial charge >= 0.3 is 5.97 Å². The minimum Gasteiger partial charge on any atom is -0.466 e. The van der Waals surface area contributed by atoms with Crippen molar-refractivity contribution < 1.29 is 31.5 Å². The first-order chi connectivity index (χ1) is 9.31. The van der Waals surface area contributed by atoms with Crippen LogP contribution in [-0.2, 0) is 9.53 Å². The molecule has 20 heavy (non-hydrogen) atoms. The lowest BCUT2D eigenvalue weighted by Gasteiger charge is -2.14. The SMILES string of the molecule is CCOC(=O)C(C)CNc1c(F)c(F)c(F)c(F)c1F. The molecule has 3 nitrogen and oxygen atoms in total. The van der Waals surface area contributed by atoms with E-state index in [0.717, 1.165) is 0 Å². The van der Waals surface area contributed by atoms with Crippen LogP contribution in [0.3, 0.4) is 0 Å². The lowest BCUT2D eigenvalue weighted by molar-refractivity contribution is -0.146. The van der Waals surface area contributed by atoms with Gasteiger partial charge in [0.25, 0.3) is 0 Å². The van der Waals surface area contributed by atoms with E-state index in [1.54, 1.807) is 6.92 Å². The Labute approximate surface area is 111 Å². The van der Waals surface area contributed by atoms with E-state index >= 15 is 0 Å². The quantitative estimate of drug-likeness (QED) is 0.393. The summed E-state index contributed by atoms with van der Waals surface area (Å²) >= 11 is 0. The third-order valence-electron chi connectivity index (χ3n) is 2.48. The predicted octanol–water partition coefficient (Wildman–Crippen LogP) is 2.99. The summed E-state index contributed by atoms with van der Waals surface area (Å²) in [7, 11) is 0. The molecule has 8 heteroatoms. The molecule has 0 bridgehead atoms. The standard InChI is InChI=1S/C12H12F5NO2/c1-3-20-12(19)5(2)4-18-11-9(16)7(14)6(13)8(15)10(11)17/h5,18H,3-4H2,1-2H3. The fourth-order valence-corrected chi connectivity index (χ4v) is 1.38. The monoisotopic (exact) mass is 297 g/mol. The van der Waals surface area contributed by atoms with Gasteiger partial charge in [-0.1, -0.05) is 6.92 Å². The summed E-state index contributed by atoms with van der Waals surface area (Å²) in [4.78, 5) is 11.3. The van der Waals surface area contributed by atoms with Gasteiger partial charge in [-0.2, -0.15) is 0 Å². The highest BCUT2D eigenvalue weighted by Gasteiger charge is 2.26. The minimum absolute atomic E-state index is 0.117. The van der Waals surface area contributed by atoms with Gasteiger partial charge in [-0.25, -0.2) is 22.0 Å². The largest absolute Gasteiger partial charge is 0.466 e. The topological polar surface area (TPSA) is 38.3 Å². The van der Waals surface area contributed by atoms with Crippen LogP contribution < -0.4 is 5.32 Å². The van der Waals surface area contributed by atoms with E-state index in [1.807, 2.05) is 5.32 Å². The molecule has 1 N–H and O–H groups in total. The van der Waals surface area contributed by atoms with E-state index in [0.29, 0.717) is 0 Å². The average molecular weight is 297 g/mol. The minimum atomic E-state index is -2.23. The number of anilines is 1. The van der Waals surface area contributed by atoms with Crippen molar-refractivity contribution in [3.63, 3.8) is 0 Å². The number of carbonyl (C=O) groups is 1. The lowest BCUT2D eigenvalue weighted by atomic mass is 10.1. The summed E-state index contributed by atoms with van der Waals surface area (Å²) in [5.41, 5.74) is -1.17. The van der Waals surface area contributed by atoms with E-state index in [2.05, 4.69) is 4.74 Å². The first-order valence-corrected chi connectivity index (χ1v) is 5.73. The van der Waals surface area contributed by atoms with Crippen LogP contribution in [0.1, 0.15) is 13.8 Å². The van der Waals surface area contributed by atoms with Gasteiger partial charge in [-0.15, -0.1) is 0 Å². The number of nitrogens with one attached hydrogen (secondary N) is 1. The van der Waals surface area contributed by atoms with Crippen molar-refractivity contribution in [2.45, 2.75) is 13.8 Å². The van der Waals surface area contributed by atoms with Gasteiger partial charge < -0.3 is 10.1 Å². The highest BCUT2D eigenvalue weighted by Crippen LogP contribution is 2.27. The summed E-state index contributed by atoms with van der Waals surface area (Å²) in [5.74, 6) is -11.7. The van der Waals surface area contributed by atoms with Crippen molar-refractivity contribution in [2.24, 2.45) is 5.92 Å². The van der Waals surface area contributed by atoms with Crippen LogP contribution in [0, 0.1) is 35.0 Å². The van der Waals surface area contributed by atoms with Gasteiger partial charge in [0.2, 0.25) is 5.82 Å². The molecular formula is C12H12F5NO2. The van der Waals surface area contributed by atoms with Crippen LogP contribution in [0.5, 0.6) is 0 Å². The molecule has 0 fully saturated rings. The molecule has 0 aliphatic carbocycles. The van der Waals surface area contributed by atoms with Crippen LogP contribution in [-0.4, -0.2) is 19.1 Å². The third kappa shape index (κ3) is 3.17. The molecule has 1 unspecified atom stereocenters. The maximum absolute atomic E-state index is 13.3. The molecule has 1 aromatic rings. The molecule has 0 saturated heterocycles. The molecule has 0 amide bonds. The summed E-state index contributed by atoms with van der Waals surface area (Å²) < 4.78 is 69.9. The zero-order valence-corrected chi connectivity index (χ0v) is 10.7. The summed E-state index contributed by atoms with van der Waals surface area (Å²) in [6.07, 6.45) is 0. The normalized spacial score (nSPS) is 12.2. The van der Waals surface area contributed by atoms with Gasteiger partial charge in [-0.05, 0) is 6.92 Å². The number of esters is 1. The van der Waals surface area contributed by atoms with Gasteiger partial charge in [0.05, 0.1) is 12.5 Å². The van der Waals surface area contributed by atoms with E-state index < -0.39 is 46.7 Å². The molecule has 1 rings (SSSR count). The molecule has 112 valence electrons. The van der Waals surface area contributed by atoms with Gasteiger partial charge in [0, 0.05) is 6.54 Å². The molecule has 0 aliphatic rings. The predicted molar refractivity (Wildman–Crippen MR) is 60.5 cm³/mol. The van der Waals surface area contributed by atoms with Crippen LogP contribution >= 0.6 is 0 Å². The molecule has 1 aromatic carbocycles. The summed E-state index contributed by atoms with van der Waals surface area (Å²) in [5, 5.41) is 2.03. The Morgan fingerprint density at radius 3 is 1.95 bits per heavy atom. The summed E-state index contributed by atoms with van der Waals surface area (Å²) in [6.45, 7) is 2.74. The van der Waals surface area contributed by atoms with Crippen LogP contribution in [0.25, 0.3) is 0 Å². The van der Waals surface area contributed by atoms with E-state index in [4.69, 9.17) is 0 Å². The fraction of sp³-hybridized carbons (Fsp3) is 0.417. The Morgan fingerprint density at radius 2 is 1.50 bits per heavy atom. The van der Waals surface area contributed by atoms with Gasteiger partial charge in [-0.3, -0.25) is 4.79 Å². The molecule has 0 aliphatic heterocycles. The van der Waals surface area contributed by atoms with Crippen molar-refractivity contribution >= 4 is 11.7 Å². The van der Waals surface area contributed by atoms with Crippen molar-refractivity contribution in [3.05, 3.63) is 29.1 Å². The van der Waals surface area contributed by atoms with Gasteiger partial charge in [0.15, 0.2) is 23.3 Å². The number of rotatable bonds is 5. The number of benzene rings is 1. The third-order valence-corrected chi connectivity index (χ3v) is 2.48. The number of hydrogen-bond donors (Lipinski definition) is 1. The van der Waals surface area contributed by atoms with Crippen molar-refractivity contribution in [3.8, 4) is 0 Å². The average Bonchev–Trinajstić information content (AvgIpc) is 2.43. The smallest absolute Gasteiger partial charge is 0.310 e. The molecule has 0 radical (unpaired) electrons. The van der Waals surface area contributed by atoms with Crippen molar-refractivity contribution in [1.82, 2.24) is 0 Å². The van der Waals surface area contributed by atoms with E-state index in [9.17, 15) is 26.7 Å². The lowest BCUT2D eigenvalue weighted by Crippen LogP contribution is -2.23. The first kappa shape index (κ1) is 16.2. The Hall–Kier alpha value is -1.86. The molecular weight excluding hydrogens is 285 g/mol. The van der Waals surface area contributed by atoms with Crippen molar-refractivity contribution in [2.75, 3.05) is 18.5 Å². The highest BCUT2D eigenvalue weighted by molar-refractivity contribution is 5.72. The molecule has 0 heterocycles. The number of halogens is 5. The Bertz CT molecular complexity index is 492. The van der Waals surface area contributed by atoms with E-state index in [-0.39, 0.29) is 13.2 Å². The first-order valence-electron chi connectivity index (χ1n) is 5.73. The maximum atomic E-state index is 13.3. The molecule has 0 aromatic heterocycles. The molecule has 0 spiro atoms. The second-order valence-corrected chi connectivity index (χ2v) is 3.98. The number of hydrogen-bond acceptors (Lipinski definition) is 3. The zero-order valence-electron chi connectivity index (χ0n) is 10.7. The second-order valence-electron chi connectivity index (χ2n) is 3.98.